The van der Waals surface area contributed by atoms with E-state index in [4.69, 9.17) is 10.5 Å². The molecule has 1 saturated heterocycles. The topological polar surface area (TPSA) is 64.3 Å². The van der Waals surface area contributed by atoms with Gasteiger partial charge in [-0.2, -0.15) is 0 Å². The molecule has 4 nitrogen and oxygen atoms in total. The van der Waals surface area contributed by atoms with Crippen molar-refractivity contribution in [3.63, 3.8) is 0 Å². The van der Waals surface area contributed by atoms with Gasteiger partial charge in [0, 0.05) is 18.5 Å². The molecule has 5 heteroatoms. The maximum absolute atomic E-state index is 10.7. The number of halogens is 1. The van der Waals surface area contributed by atoms with Crippen molar-refractivity contribution in [2.24, 2.45) is 5.73 Å². The summed E-state index contributed by atoms with van der Waals surface area (Å²) in [5.74, 6) is 0. The molecule has 2 fully saturated rings. The van der Waals surface area contributed by atoms with Crippen LogP contribution in [0.2, 0.25) is 0 Å². The van der Waals surface area contributed by atoms with E-state index in [0.717, 1.165) is 12.8 Å². The van der Waals surface area contributed by atoms with Crippen molar-refractivity contribution in [1.82, 2.24) is 5.32 Å². The summed E-state index contributed by atoms with van der Waals surface area (Å²) in [6, 6.07) is 0.310. The maximum atomic E-state index is 10.7. The van der Waals surface area contributed by atoms with Gasteiger partial charge in [-0.1, -0.05) is 0 Å². The number of carbonyl (C=O) groups is 1. The molecule has 1 heterocycles. The standard InChI is InChI=1S/C6H10N2O2.ClH/c7-4-1-3-2-5(4)10-6(9)8-3;/h3-5H,1-2,7H2,(H,8,9);1H/t3-,4-,5-;/m1./s1. The molecule has 0 spiro atoms. The van der Waals surface area contributed by atoms with Crippen molar-refractivity contribution in [3.05, 3.63) is 0 Å². The summed E-state index contributed by atoms with van der Waals surface area (Å²) in [7, 11) is 0. The Morgan fingerprint density at radius 1 is 1.55 bits per heavy atom. The summed E-state index contributed by atoms with van der Waals surface area (Å²) in [6.07, 6.45) is 1.40. The summed E-state index contributed by atoms with van der Waals surface area (Å²) in [5.41, 5.74) is 5.66. The molecule has 1 amide bonds. The number of fused-ring (bicyclic) bond motifs is 2. The zero-order chi connectivity index (χ0) is 7.14. The van der Waals surface area contributed by atoms with Crippen molar-refractivity contribution >= 4 is 18.5 Å². The lowest BCUT2D eigenvalue weighted by molar-refractivity contribution is 0.0772. The third kappa shape index (κ3) is 1.41. The Hall–Kier alpha value is -0.480. The molecule has 1 aliphatic heterocycles. The van der Waals surface area contributed by atoms with Gasteiger partial charge in [0.15, 0.2) is 0 Å². The van der Waals surface area contributed by atoms with Gasteiger partial charge in [0.1, 0.15) is 6.10 Å². The average Bonchev–Trinajstić information content (AvgIpc) is 2.07. The Labute approximate surface area is 70.9 Å². The van der Waals surface area contributed by atoms with Crippen LogP contribution in [0, 0.1) is 0 Å². The fourth-order valence-electron chi connectivity index (χ4n) is 1.62. The molecule has 3 atom stereocenters. The molecule has 3 N–H and O–H groups in total. The molecule has 0 aromatic rings. The molecule has 0 aromatic carbocycles. The van der Waals surface area contributed by atoms with Crippen molar-refractivity contribution in [2.75, 3.05) is 0 Å². The number of nitrogens with one attached hydrogen (secondary N) is 1. The molecule has 11 heavy (non-hydrogen) atoms. The molecule has 64 valence electrons. The lowest BCUT2D eigenvalue weighted by Gasteiger charge is -2.20. The van der Waals surface area contributed by atoms with Gasteiger partial charge in [0.05, 0.1) is 0 Å². The Kier molecular flexibility index (Phi) is 2.25. The molecular formula is C6H11ClN2O2. The second kappa shape index (κ2) is 2.87. The molecule has 0 unspecified atom stereocenters. The highest BCUT2D eigenvalue weighted by molar-refractivity contribution is 5.85. The smallest absolute Gasteiger partial charge is 0.407 e. The van der Waals surface area contributed by atoms with Crippen LogP contribution in [0.5, 0.6) is 0 Å². The van der Waals surface area contributed by atoms with E-state index in [1.54, 1.807) is 0 Å². The normalized spacial score (nSPS) is 40.5. The number of nitrogens with two attached hydrogens (primary N) is 1. The zero-order valence-electron chi connectivity index (χ0n) is 5.95. The third-order valence-corrected chi connectivity index (χ3v) is 2.13. The summed E-state index contributed by atoms with van der Waals surface area (Å²) >= 11 is 0. The second-order valence-corrected chi connectivity index (χ2v) is 2.92. The van der Waals surface area contributed by atoms with E-state index in [-0.39, 0.29) is 36.7 Å². The minimum atomic E-state index is -0.311. The Morgan fingerprint density at radius 3 is 2.91 bits per heavy atom. The predicted molar refractivity (Wildman–Crippen MR) is 41.7 cm³/mol. The van der Waals surface area contributed by atoms with E-state index >= 15 is 0 Å². The number of ether oxygens (including phenoxy) is 1. The maximum Gasteiger partial charge on any atom is 0.407 e. The minimum absolute atomic E-state index is 0. The van der Waals surface area contributed by atoms with Crippen molar-refractivity contribution in [1.29, 1.82) is 0 Å². The third-order valence-electron chi connectivity index (χ3n) is 2.13. The SMILES string of the molecule is Cl.N[C@@H]1C[C@@H]2C[C@H]1OC(=O)N2. The number of amides is 1. The summed E-state index contributed by atoms with van der Waals surface area (Å²) in [5, 5.41) is 2.70. The van der Waals surface area contributed by atoms with Gasteiger partial charge in [0.25, 0.3) is 0 Å². The summed E-state index contributed by atoms with van der Waals surface area (Å²) in [4.78, 5) is 10.7. The first-order valence-electron chi connectivity index (χ1n) is 3.48. The van der Waals surface area contributed by atoms with Crippen LogP contribution in [0.15, 0.2) is 0 Å². The molecule has 0 radical (unpaired) electrons. The van der Waals surface area contributed by atoms with Crippen LogP contribution < -0.4 is 11.1 Å². The summed E-state index contributed by atoms with van der Waals surface area (Å²) in [6.45, 7) is 0. The van der Waals surface area contributed by atoms with Crippen molar-refractivity contribution < 1.29 is 9.53 Å². The van der Waals surface area contributed by atoms with Crippen molar-refractivity contribution in [2.45, 2.75) is 31.0 Å². The largest absolute Gasteiger partial charge is 0.445 e. The van der Waals surface area contributed by atoms with Gasteiger partial charge in [-0.3, -0.25) is 0 Å². The van der Waals surface area contributed by atoms with Crippen LogP contribution in [0.3, 0.4) is 0 Å². The van der Waals surface area contributed by atoms with Gasteiger partial charge >= 0.3 is 6.09 Å². The van der Waals surface area contributed by atoms with Gasteiger partial charge < -0.3 is 15.8 Å². The first-order valence-corrected chi connectivity index (χ1v) is 3.48. The monoisotopic (exact) mass is 178 g/mol. The first kappa shape index (κ1) is 8.62. The quantitative estimate of drug-likeness (QED) is 0.549. The zero-order valence-corrected chi connectivity index (χ0v) is 6.76. The highest BCUT2D eigenvalue weighted by Gasteiger charge is 2.39. The highest BCUT2D eigenvalue weighted by Crippen LogP contribution is 2.24. The lowest BCUT2D eigenvalue weighted by Crippen LogP contribution is -2.41. The fourth-order valence-corrected chi connectivity index (χ4v) is 1.62. The first-order chi connectivity index (χ1) is 4.75. The van der Waals surface area contributed by atoms with Crippen LogP contribution in [-0.4, -0.2) is 24.3 Å². The Bertz CT molecular complexity index is 174. The Balaban J connectivity index is 0.000000605. The fraction of sp³-hybridized carbons (Fsp3) is 0.833. The van der Waals surface area contributed by atoms with E-state index in [1.807, 2.05) is 0 Å². The predicted octanol–water partition coefficient (Wildman–Crippen LogP) is 0.00630. The number of hydrogen-bond acceptors (Lipinski definition) is 3. The number of rotatable bonds is 0. The molecular weight excluding hydrogens is 168 g/mol. The number of alkyl carbamates (subject to hydrolysis) is 1. The van der Waals surface area contributed by atoms with Crippen LogP contribution in [0.4, 0.5) is 4.79 Å². The minimum Gasteiger partial charge on any atom is -0.445 e. The van der Waals surface area contributed by atoms with Crippen molar-refractivity contribution in [3.8, 4) is 0 Å². The van der Waals surface area contributed by atoms with Gasteiger partial charge in [-0.25, -0.2) is 4.79 Å². The molecule has 0 aromatic heterocycles. The molecule has 1 saturated carbocycles. The number of hydrogen-bond donors (Lipinski definition) is 2. The van der Waals surface area contributed by atoms with Gasteiger partial charge in [-0.15, -0.1) is 12.4 Å². The molecule has 2 bridgehead atoms. The van der Waals surface area contributed by atoms with Crippen LogP contribution in [0.25, 0.3) is 0 Å². The van der Waals surface area contributed by atoms with Crippen LogP contribution >= 0.6 is 12.4 Å². The van der Waals surface area contributed by atoms with E-state index < -0.39 is 0 Å². The van der Waals surface area contributed by atoms with E-state index in [1.165, 1.54) is 0 Å². The molecule has 2 aliphatic rings. The number of carbonyl (C=O) groups excluding carboxylic acids is 1. The van der Waals surface area contributed by atoms with E-state index in [0.29, 0.717) is 0 Å². The molecule has 2 rings (SSSR count). The van der Waals surface area contributed by atoms with Crippen LogP contribution in [-0.2, 0) is 4.74 Å². The van der Waals surface area contributed by atoms with E-state index in [2.05, 4.69) is 5.32 Å². The highest BCUT2D eigenvalue weighted by atomic mass is 35.5. The van der Waals surface area contributed by atoms with Gasteiger partial charge in [-0.05, 0) is 6.42 Å². The molecule has 1 aliphatic carbocycles. The Morgan fingerprint density at radius 2 is 2.27 bits per heavy atom. The average molecular weight is 179 g/mol. The van der Waals surface area contributed by atoms with Crippen LogP contribution in [0.1, 0.15) is 12.8 Å². The van der Waals surface area contributed by atoms with E-state index in [9.17, 15) is 4.79 Å². The lowest BCUT2D eigenvalue weighted by atomic mass is 10.2. The summed E-state index contributed by atoms with van der Waals surface area (Å²) < 4.78 is 4.91. The van der Waals surface area contributed by atoms with Gasteiger partial charge in [0.2, 0.25) is 0 Å². The second-order valence-electron chi connectivity index (χ2n) is 2.92.